The van der Waals surface area contributed by atoms with Crippen molar-refractivity contribution in [2.24, 2.45) is 46.3 Å². The van der Waals surface area contributed by atoms with Crippen molar-refractivity contribution in [2.75, 3.05) is 26.4 Å². The normalized spacial score (nSPS) is 55.0. The minimum atomic E-state index is -1.75. The molecule has 0 bridgehead atoms. The molecule has 0 amide bonds. The lowest BCUT2D eigenvalue weighted by Crippen LogP contribution is -2.65. The number of hydrogen-bond acceptors (Lipinski definition) is 19. The maximum Gasteiger partial charge on any atom is 0.187 e. The number of aliphatic hydroxyl groups is 12. The molecule has 0 aromatic rings. The van der Waals surface area contributed by atoms with Gasteiger partial charge in [0, 0.05) is 12.3 Å². The Kier molecular flexibility index (Phi) is 14.7. The first-order valence-corrected chi connectivity index (χ1v) is 23.5. The van der Waals surface area contributed by atoms with Gasteiger partial charge in [-0.15, -0.1) is 0 Å². The van der Waals surface area contributed by atoms with E-state index in [1.54, 1.807) is 0 Å². The van der Waals surface area contributed by atoms with Crippen LogP contribution >= 0.6 is 0 Å². The van der Waals surface area contributed by atoms with Crippen LogP contribution in [0, 0.1) is 46.3 Å². The van der Waals surface area contributed by atoms with Crippen LogP contribution in [-0.4, -0.2) is 198 Å². The largest absolute Gasteiger partial charge is 0.394 e. The number of aliphatic hydroxyl groups excluding tert-OH is 11. The Balaban J connectivity index is 0.870. The van der Waals surface area contributed by atoms with E-state index >= 15 is 0 Å². The van der Waals surface area contributed by atoms with Crippen LogP contribution in [0.1, 0.15) is 85.0 Å². The Morgan fingerprint density at radius 3 is 1.86 bits per heavy atom. The summed E-state index contributed by atoms with van der Waals surface area (Å²) in [5, 5.41) is 125. The topological polar surface area (TPSA) is 307 Å². The van der Waals surface area contributed by atoms with Crippen LogP contribution in [-0.2, 0) is 33.2 Å². The summed E-state index contributed by atoms with van der Waals surface area (Å²) >= 11 is 0. The molecule has 0 radical (unpaired) electrons. The van der Waals surface area contributed by atoms with Gasteiger partial charge in [0.2, 0.25) is 0 Å². The van der Waals surface area contributed by atoms with Gasteiger partial charge < -0.3 is 94.4 Å². The Morgan fingerprint density at radius 2 is 1.22 bits per heavy atom. The second-order valence-corrected chi connectivity index (χ2v) is 21.0. The molecule has 0 aromatic carbocycles. The van der Waals surface area contributed by atoms with E-state index in [9.17, 15) is 61.3 Å². The Morgan fingerprint density at radius 1 is 0.641 bits per heavy atom. The van der Waals surface area contributed by atoms with Crippen molar-refractivity contribution in [1.82, 2.24) is 0 Å². The van der Waals surface area contributed by atoms with Crippen LogP contribution in [0.4, 0.5) is 0 Å². The molecule has 4 aliphatic heterocycles. The summed E-state index contributed by atoms with van der Waals surface area (Å²) in [4.78, 5) is 0. The van der Waals surface area contributed by atoms with Crippen molar-refractivity contribution in [3.63, 3.8) is 0 Å². The van der Waals surface area contributed by atoms with E-state index in [1.807, 2.05) is 0 Å². The Labute approximate surface area is 373 Å². The highest BCUT2D eigenvalue weighted by molar-refractivity contribution is 5.15. The fraction of sp³-hybridized carbons (Fsp3) is 0.956. The van der Waals surface area contributed by atoms with E-state index in [0.29, 0.717) is 54.9 Å². The molecule has 1 unspecified atom stereocenters. The first-order valence-electron chi connectivity index (χ1n) is 23.5. The van der Waals surface area contributed by atoms with E-state index < -0.39 is 118 Å². The summed E-state index contributed by atoms with van der Waals surface area (Å²) in [7, 11) is 0. The lowest BCUT2D eigenvalue weighted by atomic mass is 9.44. The Hall–Kier alpha value is -1.02. The molecule has 0 spiro atoms. The molecular weight excluding hydrogens is 844 g/mol. The average molecular weight is 919 g/mol. The predicted molar refractivity (Wildman–Crippen MR) is 219 cm³/mol. The van der Waals surface area contributed by atoms with Gasteiger partial charge in [0.15, 0.2) is 24.7 Å². The van der Waals surface area contributed by atoms with Gasteiger partial charge in [-0.2, -0.15) is 0 Å². The van der Waals surface area contributed by atoms with Gasteiger partial charge in [-0.05, 0) is 98.2 Å². The standard InChI is InChI=1S/C45H74O19/c1-19(18-58-40-37(55)34(52)31(49)27(15-46)60-40)7-12-45(57)20(2)30-26(64-45)14-25-23-6-5-21-13-22(8-10-43(21,3)24(23)9-11-44(25,30)4)59-42-39(36(54)33(51)29(17-48)62-42)63-41-38(56)35(53)32(50)28(16-47)61-41/h20-42,46-57H,1,5-18H2,2-4H3/t20-,21+,22-,23+,24-,25-,26-,27+,28+,29+,30-,31+,32+,33-,34-,35-,36-,37+,38+,39+,40+,41-,42+,43-,44-,45?/m0/s1. The molecule has 4 saturated carbocycles. The SMILES string of the molecule is C=C(CCC1(O)O[C@H]2C[C@H]3[C@@H]4CC[C@@H]5C[C@@H](O[C@@H]6O[C@H](CO)[C@H](O)[C@H](O)[C@H]6O[C@@H]6O[C@H](CO)[C@@H](O)[C@H](O)[C@H]6O)CC[C@]5(C)[C@H]4CC[C@]3(C)[C@H]2[C@@H]1C)CO[C@@H]1O[C@H](CO)[C@@H](O)[C@H](O)[C@H]1O. The van der Waals surface area contributed by atoms with Crippen molar-refractivity contribution >= 4 is 0 Å². The van der Waals surface area contributed by atoms with Gasteiger partial charge in [-0.25, -0.2) is 0 Å². The van der Waals surface area contributed by atoms with Crippen LogP contribution < -0.4 is 0 Å². The van der Waals surface area contributed by atoms with Crippen molar-refractivity contribution < 1.29 is 94.4 Å². The molecule has 19 nitrogen and oxygen atoms in total. The lowest BCUT2D eigenvalue weighted by molar-refractivity contribution is -0.373. The minimum Gasteiger partial charge on any atom is -0.394 e. The van der Waals surface area contributed by atoms with Crippen LogP contribution in [0.5, 0.6) is 0 Å². The van der Waals surface area contributed by atoms with Gasteiger partial charge in [0.05, 0.1) is 38.6 Å². The maximum absolute atomic E-state index is 12.0. The van der Waals surface area contributed by atoms with E-state index in [0.717, 1.165) is 38.5 Å². The first-order chi connectivity index (χ1) is 30.3. The Bertz CT molecular complexity index is 1610. The minimum absolute atomic E-state index is 0.0224. The molecule has 4 saturated heterocycles. The molecule has 64 heavy (non-hydrogen) atoms. The van der Waals surface area contributed by atoms with Gasteiger partial charge in [0.25, 0.3) is 0 Å². The molecular formula is C45H74O19. The third-order valence-corrected chi connectivity index (χ3v) is 17.7. The monoisotopic (exact) mass is 918 g/mol. The molecule has 26 atom stereocenters. The molecule has 12 N–H and O–H groups in total. The fourth-order valence-electron chi connectivity index (χ4n) is 14.0. The highest BCUT2D eigenvalue weighted by Gasteiger charge is 2.68. The van der Waals surface area contributed by atoms with Gasteiger partial charge >= 0.3 is 0 Å². The van der Waals surface area contributed by atoms with Crippen molar-refractivity contribution in [3.8, 4) is 0 Å². The highest BCUT2D eigenvalue weighted by Crippen LogP contribution is 2.71. The molecule has 8 aliphatic rings. The average Bonchev–Trinajstić information content (AvgIpc) is 3.71. The number of hydrogen-bond donors (Lipinski definition) is 12. The summed E-state index contributed by atoms with van der Waals surface area (Å²) in [6.45, 7) is 9.14. The molecule has 8 rings (SSSR count). The number of rotatable bonds is 13. The lowest BCUT2D eigenvalue weighted by Gasteiger charge is -2.61. The van der Waals surface area contributed by atoms with Crippen molar-refractivity contribution in [1.29, 1.82) is 0 Å². The number of fused-ring (bicyclic) bond motifs is 7. The van der Waals surface area contributed by atoms with Gasteiger partial charge in [-0.3, -0.25) is 0 Å². The second-order valence-electron chi connectivity index (χ2n) is 21.0. The predicted octanol–water partition coefficient (Wildman–Crippen LogP) is -1.86. The van der Waals surface area contributed by atoms with E-state index in [-0.39, 0.29) is 41.5 Å². The summed E-state index contributed by atoms with van der Waals surface area (Å²) in [5.41, 5.74) is 0.646. The van der Waals surface area contributed by atoms with Gasteiger partial charge in [0.1, 0.15) is 73.2 Å². The smallest absolute Gasteiger partial charge is 0.187 e. The zero-order valence-corrected chi connectivity index (χ0v) is 37.1. The van der Waals surface area contributed by atoms with Crippen LogP contribution in [0.2, 0.25) is 0 Å². The highest BCUT2D eigenvalue weighted by atomic mass is 16.8. The van der Waals surface area contributed by atoms with Gasteiger partial charge in [-0.1, -0.05) is 32.9 Å². The van der Waals surface area contributed by atoms with Crippen LogP contribution in [0.15, 0.2) is 12.2 Å². The van der Waals surface area contributed by atoms with Crippen LogP contribution in [0.25, 0.3) is 0 Å². The molecule has 4 aliphatic carbocycles. The molecule has 368 valence electrons. The van der Waals surface area contributed by atoms with E-state index in [2.05, 4.69) is 27.4 Å². The summed E-state index contributed by atoms with van der Waals surface area (Å²) in [6.07, 6.45) is -14.4. The van der Waals surface area contributed by atoms with E-state index in [4.69, 9.17) is 33.2 Å². The molecule has 0 aromatic heterocycles. The third-order valence-electron chi connectivity index (χ3n) is 17.7. The molecule has 8 fully saturated rings. The zero-order valence-electron chi connectivity index (χ0n) is 37.1. The summed E-state index contributed by atoms with van der Waals surface area (Å²) in [6, 6.07) is 0. The number of ether oxygens (including phenoxy) is 7. The quantitative estimate of drug-likeness (QED) is 0.0712. The fourth-order valence-corrected chi connectivity index (χ4v) is 14.0. The maximum atomic E-state index is 12.0. The van der Waals surface area contributed by atoms with Crippen molar-refractivity contribution in [3.05, 3.63) is 12.2 Å². The van der Waals surface area contributed by atoms with E-state index in [1.165, 1.54) is 0 Å². The zero-order chi connectivity index (χ0) is 46.2. The first kappa shape index (κ1) is 49.4. The molecule has 19 heteroatoms. The molecule has 4 heterocycles. The third kappa shape index (κ3) is 8.57. The summed E-state index contributed by atoms with van der Waals surface area (Å²) in [5.74, 6) is 0.404. The van der Waals surface area contributed by atoms with Crippen molar-refractivity contribution in [2.45, 2.75) is 195 Å². The second kappa shape index (κ2) is 19.1. The summed E-state index contributed by atoms with van der Waals surface area (Å²) < 4.78 is 41.8. The van der Waals surface area contributed by atoms with Crippen LogP contribution in [0.3, 0.4) is 0 Å².